The van der Waals surface area contributed by atoms with Crippen molar-refractivity contribution in [3.05, 3.63) is 35.6 Å². The van der Waals surface area contributed by atoms with Gasteiger partial charge in [0.05, 0.1) is 10.6 Å². The van der Waals surface area contributed by atoms with Crippen LogP contribution in [0, 0.1) is 0 Å². The molecule has 2 aromatic heterocycles. The Labute approximate surface area is 143 Å². The second kappa shape index (κ2) is 6.13. The number of rotatable bonds is 4. The summed E-state index contributed by atoms with van der Waals surface area (Å²) in [4.78, 5) is 22.8. The molecule has 5 nitrogen and oxygen atoms in total. The minimum absolute atomic E-state index is 0.0405. The average Bonchev–Trinajstić information content (AvgIpc) is 3.08. The van der Waals surface area contributed by atoms with Gasteiger partial charge in [0.1, 0.15) is 5.65 Å². The van der Waals surface area contributed by atoms with Crippen molar-refractivity contribution in [2.75, 3.05) is 23.7 Å². The van der Waals surface area contributed by atoms with Gasteiger partial charge in [0.25, 0.3) is 5.91 Å². The quantitative estimate of drug-likeness (QED) is 0.833. The first-order valence-electron chi connectivity index (χ1n) is 7.69. The Morgan fingerprint density at radius 1 is 1.52 bits per heavy atom. The zero-order valence-electron chi connectivity index (χ0n) is 12.8. The van der Waals surface area contributed by atoms with Crippen molar-refractivity contribution in [1.82, 2.24) is 15.3 Å². The van der Waals surface area contributed by atoms with E-state index in [1.165, 1.54) is 0 Å². The van der Waals surface area contributed by atoms with Gasteiger partial charge in [-0.3, -0.25) is 4.79 Å². The highest BCUT2D eigenvalue weighted by Gasteiger charge is 2.34. The molecule has 2 aliphatic rings. The Kier molecular flexibility index (Phi) is 3.98. The van der Waals surface area contributed by atoms with Gasteiger partial charge >= 0.3 is 0 Å². The number of fused-ring (bicyclic) bond motifs is 1. The van der Waals surface area contributed by atoms with E-state index in [2.05, 4.69) is 27.1 Å². The SMILES string of the molecule is CC1SC1CNC(=O)C1=CN(c2ccnc3[nH]ccc23)CCS1. The summed E-state index contributed by atoms with van der Waals surface area (Å²) < 4.78 is 0. The molecule has 7 heteroatoms. The van der Waals surface area contributed by atoms with Gasteiger partial charge < -0.3 is 15.2 Å². The molecular weight excluding hydrogens is 328 g/mol. The summed E-state index contributed by atoms with van der Waals surface area (Å²) in [6, 6.07) is 4.03. The van der Waals surface area contributed by atoms with Crippen LogP contribution in [-0.4, -0.2) is 45.2 Å². The van der Waals surface area contributed by atoms with E-state index in [0.717, 1.165) is 40.5 Å². The van der Waals surface area contributed by atoms with Crippen LogP contribution in [0.1, 0.15) is 6.92 Å². The maximum atomic E-state index is 12.4. The number of thioether (sulfide) groups is 2. The number of nitrogens with one attached hydrogen (secondary N) is 2. The Bertz CT molecular complexity index is 772. The van der Waals surface area contributed by atoms with Gasteiger partial charge in [-0.05, 0) is 12.1 Å². The summed E-state index contributed by atoms with van der Waals surface area (Å²) in [7, 11) is 0. The van der Waals surface area contributed by atoms with Crippen molar-refractivity contribution in [3.63, 3.8) is 0 Å². The third kappa shape index (κ3) is 3.07. The maximum Gasteiger partial charge on any atom is 0.259 e. The number of nitrogens with zero attached hydrogens (tertiary/aromatic N) is 2. The van der Waals surface area contributed by atoms with Crippen LogP contribution in [0.15, 0.2) is 35.6 Å². The summed E-state index contributed by atoms with van der Waals surface area (Å²) >= 11 is 3.55. The fourth-order valence-electron chi connectivity index (χ4n) is 2.73. The fourth-order valence-corrected chi connectivity index (χ4v) is 4.38. The van der Waals surface area contributed by atoms with Crippen LogP contribution in [-0.2, 0) is 4.79 Å². The van der Waals surface area contributed by atoms with E-state index < -0.39 is 0 Å². The monoisotopic (exact) mass is 346 g/mol. The molecule has 0 aromatic carbocycles. The van der Waals surface area contributed by atoms with Crippen LogP contribution < -0.4 is 10.2 Å². The first kappa shape index (κ1) is 15.0. The highest BCUT2D eigenvalue weighted by molar-refractivity contribution is 8.07. The number of pyridine rings is 1. The Balaban J connectivity index is 1.53. The van der Waals surface area contributed by atoms with E-state index in [0.29, 0.717) is 10.5 Å². The third-order valence-corrected chi connectivity index (χ3v) is 6.49. The summed E-state index contributed by atoms with van der Waals surface area (Å²) in [5, 5.41) is 5.40. The average molecular weight is 346 g/mol. The molecule has 0 radical (unpaired) electrons. The zero-order valence-corrected chi connectivity index (χ0v) is 14.4. The van der Waals surface area contributed by atoms with Gasteiger partial charge in [-0.25, -0.2) is 4.98 Å². The van der Waals surface area contributed by atoms with Gasteiger partial charge in [-0.1, -0.05) is 6.92 Å². The number of amides is 1. The fraction of sp³-hybridized carbons (Fsp3) is 0.375. The topological polar surface area (TPSA) is 61.0 Å². The van der Waals surface area contributed by atoms with Crippen LogP contribution in [0.4, 0.5) is 5.69 Å². The molecule has 0 bridgehead atoms. The van der Waals surface area contributed by atoms with Gasteiger partial charge in [0.15, 0.2) is 0 Å². The number of H-pyrrole nitrogens is 1. The van der Waals surface area contributed by atoms with E-state index >= 15 is 0 Å². The molecular formula is C16H18N4OS2. The van der Waals surface area contributed by atoms with E-state index in [1.54, 1.807) is 18.0 Å². The number of aromatic amines is 1. The van der Waals surface area contributed by atoms with Crippen molar-refractivity contribution < 1.29 is 4.79 Å². The van der Waals surface area contributed by atoms with E-state index in [4.69, 9.17) is 0 Å². The van der Waals surface area contributed by atoms with Crippen molar-refractivity contribution in [3.8, 4) is 0 Å². The van der Waals surface area contributed by atoms with Gasteiger partial charge in [0.2, 0.25) is 0 Å². The van der Waals surface area contributed by atoms with E-state index in [-0.39, 0.29) is 5.91 Å². The van der Waals surface area contributed by atoms with Crippen molar-refractivity contribution in [2.45, 2.75) is 17.4 Å². The number of carbonyl (C=O) groups is 1. The number of aromatic nitrogens is 2. The molecule has 1 amide bonds. The second-order valence-corrected chi connectivity index (χ2v) is 8.45. The van der Waals surface area contributed by atoms with Crippen LogP contribution in [0.5, 0.6) is 0 Å². The molecule has 1 saturated heterocycles. The lowest BCUT2D eigenvalue weighted by atomic mass is 10.2. The molecule has 1 fully saturated rings. The molecule has 2 aliphatic heterocycles. The normalized spacial score (nSPS) is 23.7. The molecule has 120 valence electrons. The molecule has 0 saturated carbocycles. The molecule has 2 N–H and O–H groups in total. The smallest absolute Gasteiger partial charge is 0.259 e. The van der Waals surface area contributed by atoms with Gasteiger partial charge in [0, 0.05) is 53.3 Å². The van der Waals surface area contributed by atoms with E-state index in [9.17, 15) is 4.79 Å². The molecule has 23 heavy (non-hydrogen) atoms. The molecule has 2 aromatic rings. The van der Waals surface area contributed by atoms with Crippen molar-refractivity contribution in [1.29, 1.82) is 0 Å². The minimum Gasteiger partial charge on any atom is -0.350 e. The first-order valence-corrected chi connectivity index (χ1v) is 9.62. The highest BCUT2D eigenvalue weighted by atomic mass is 32.2. The Morgan fingerprint density at radius 3 is 3.22 bits per heavy atom. The summed E-state index contributed by atoms with van der Waals surface area (Å²) in [6.07, 6.45) is 5.66. The number of hydrogen-bond acceptors (Lipinski definition) is 5. The lowest BCUT2D eigenvalue weighted by Crippen LogP contribution is -2.32. The predicted octanol–water partition coefficient (Wildman–Crippen LogP) is 2.58. The Hall–Kier alpha value is -1.60. The van der Waals surface area contributed by atoms with E-state index in [1.807, 2.05) is 36.3 Å². The van der Waals surface area contributed by atoms with Crippen LogP contribution in [0.2, 0.25) is 0 Å². The number of carbonyl (C=O) groups excluding carboxylic acids is 1. The summed E-state index contributed by atoms with van der Waals surface area (Å²) in [5.74, 6) is 0.945. The molecule has 0 aliphatic carbocycles. The number of anilines is 1. The molecule has 2 unspecified atom stereocenters. The summed E-state index contributed by atoms with van der Waals surface area (Å²) in [6.45, 7) is 3.85. The van der Waals surface area contributed by atoms with Crippen LogP contribution in [0.3, 0.4) is 0 Å². The lowest BCUT2D eigenvalue weighted by Gasteiger charge is -2.26. The second-order valence-electron chi connectivity index (χ2n) is 5.69. The van der Waals surface area contributed by atoms with Crippen LogP contribution in [0.25, 0.3) is 11.0 Å². The highest BCUT2D eigenvalue weighted by Crippen LogP contribution is 2.40. The zero-order chi connectivity index (χ0) is 15.8. The largest absolute Gasteiger partial charge is 0.350 e. The van der Waals surface area contributed by atoms with Crippen LogP contribution >= 0.6 is 23.5 Å². The minimum atomic E-state index is 0.0405. The number of hydrogen-bond donors (Lipinski definition) is 2. The van der Waals surface area contributed by atoms with Gasteiger partial charge in [-0.2, -0.15) is 11.8 Å². The lowest BCUT2D eigenvalue weighted by molar-refractivity contribution is -0.116. The van der Waals surface area contributed by atoms with Crippen molar-refractivity contribution >= 4 is 46.2 Å². The molecule has 2 atom stereocenters. The molecule has 4 rings (SSSR count). The predicted molar refractivity (Wildman–Crippen MR) is 97.8 cm³/mol. The first-order chi connectivity index (χ1) is 11.2. The standard InChI is InChI=1S/C16H18N4OS2/c1-10-13(23-10)8-19-16(21)14-9-20(6-7-22-14)12-3-5-18-15-11(12)2-4-17-15/h2-5,9-10,13H,6-8H2,1H3,(H,17,18)(H,19,21). The van der Waals surface area contributed by atoms with Crippen molar-refractivity contribution in [2.24, 2.45) is 0 Å². The molecule has 4 heterocycles. The summed E-state index contributed by atoms with van der Waals surface area (Å²) in [5.41, 5.74) is 1.97. The maximum absolute atomic E-state index is 12.4. The third-order valence-electron chi connectivity index (χ3n) is 4.13. The molecule has 0 spiro atoms. The Morgan fingerprint density at radius 2 is 2.39 bits per heavy atom. The van der Waals surface area contributed by atoms with Gasteiger partial charge in [-0.15, -0.1) is 11.8 Å².